The van der Waals surface area contributed by atoms with Gasteiger partial charge in [-0.1, -0.05) is 27.2 Å². The summed E-state index contributed by atoms with van der Waals surface area (Å²) in [6.07, 6.45) is 3.01. The summed E-state index contributed by atoms with van der Waals surface area (Å²) in [6, 6.07) is 0. The van der Waals surface area contributed by atoms with Crippen molar-refractivity contribution in [2.45, 2.75) is 33.6 Å². The summed E-state index contributed by atoms with van der Waals surface area (Å²) in [5.41, 5.74) is 0.734. The SMILES string of the molecule is CC1CCC2C1C2(C)C. The Kier molecular flexibility index (Phi) is 0.868. The highest BCUT2D eigenvalue weighted by Crippen LogP contribution is 2.68. The largest absolute Gasteiger partial charge is 0.0622 e. The minimum absolute atomic E-state index is 0.734. The first-order valence-electron chi connectivity index (χ1n) is 4.14. The lowest BCUT2D eigenvalue weighted by Crippen LogP contribution is -2.02. The first-order valence-corrected chi connectivity index (χ1v) is 4.14. The van der Waals surface area contributed by atoms with Crippen LogP contribution in [-0.4, -0.2) is 0 Å². The molecule has 0 radical (unpaired) electrons. The molecule has 0 nitrogen and oxygen atoms in total. The van der Waals surface area contributed by atoms with Crippen molar-refractivity contribution < 1.29 is 0 Å². The van der Waals surface area contributed by atoms with Crippen LogP contribution in [0.15, 0.2) is 0 Å². The van der Waals surface area contributed by atoms with Gasteiger partial charge in [-0.25, -0.2) is 0 Å². The third-order valence-electron chi connectivity index (χ3n) is 3.69. The molecule has 0 heteroatoms. The maximum Gasteiger partial charge on any atom is -0.0289 e. The van der Waals surface area contributed by atoms with Crippen molar-refractivity contribution in [3.8, 4) is 0 Å². The summed E-state index contributed by atoms with van der Waals surface area (Å²) < 4.78 is 0. The molecule has 0 aromatic heterocycles. The molecule has 0 spiro atoms. The van der Waals surface area contributed by atoms with Gasteiger partial charge in [0.1, 0.15) is 0 Å². The van der Waals surface area contributed by atoms with Crippen LogP contribution in [0.4, 0.5) is 0 Å². The lowest BCUT2D eigenvalue weighted by molar-refractivity contribution is 0.389. The van der Waals surface area contributed by atoms with Gasteiger partial charge in [0, 0.05) is 0 Å². The van der Waals surface area contributed by atoms with Gasteiger partial charge >= 0.3 is 0 Å². The van der Waals surface area contributed by atoms with E-state index in [2.05, 4.69) is 20.8 Å². The topological polar surface area (TPSA) is 0 Å². The molecule has 0 saturated heterocycles. The van der Waals surface area contributed by atoms with Crippen LogP contribution in [-0.2, 0) is 0 Å². The van der Waals surface area contributed by atoms with Gasteiger partial charge < -0.3 is 0 Å². The van der Waals surface area contributed by atoms with Crippen LogP contribution in [0.1, 0.15) is 33.6 Å². The zero-order chi connectivity index (χ0) is 6.65. The van der Waals surface area contributed by atoms with E-state index < -0.39 is 0 Å². The average molecular weight is 124 g/mol. The molecule has 0 aromatic carbocycles. The van der Waals surface area contributed by atoms with Crippen LogP contribution in [0.25, 0.3) is 0 Å². The summed E-state index contributed by atoms with van der Waals surface area (Å²) >= 11 is 0. The monoisotopic (exact) mass is 124 g/mol. The second-order valence-electron chi connectivity index (χ2n) is 4.51. The normalized spacial score (nSPS) is 53.0. The van der Waals surface area contributed by atoms with Crippen molar-refractivity contribution in [3.63, 3.8) is 0 Å². The van der Waals surface area contributed by atoms with Gasteiger partial charge in [0.2, 0.25) is 0 Å². The van der Waals surface area contributed by atoms with Crippen molar-refractivity contribution in [2.75, 3.05) is 0 Å². The highest BCUT2D eigenvalue weighted by Gasteiger charge is 2.62. The Labute approximate surface area is 57.6 Å². The first kappa shape index (κ1) is 5.76. The minimum Gasteiger partial charge on any atom is -0.0622 e. The highest BCUT2D eigenvalue weighted by atomic mass is 14.7. The van der Waals surface area contributed by atoms with Crippen LogP contribution in [0, 0.1) is 23.2 Å². The van der Waals surface area contributed by atoms with Crippen LogP contribution in [0.2, 0.25) is 0 Å². The van der Waals surface area contributed by atoms with E-state index in [1.54, 1.807) is 0 Å². The van der Waals surface area contributed by atoms with E-state index >= 15 is 0 Å². The fourth-order valence-electron chi connectivity index (χ4n) is 3.09. The lowest BCUT2D eigenvalue weighted by Gasteiger charge is -2.11. The minimum atomic E-state index is 0.734. The molecule has 3 atom stereocenters. The summed E-state index contributed by atoms with van der Waals surface area (Å²) in [5, 5.41) is 0. The molecule has 2 fully saturated rings. The molecule has 2 aliphatic carbocycles. The molecule has 52 valence electrons. The van der Waals surface area contributed by atoms with E-state index in [0.29, 0.717) is 0 Å². The predicted molar refractivity (Wildman–Crippen MR) is 39.2 cm³/mol. The number of hydrogen-bond donors (Lipinski definition) is 0. The van der Waals surface area contributed by atoms with Gasteiger partial charge in [-0.05, 0) is 29.6 Å². The fraction of sp³-hybridized carbons (Fsp3) is 1.00. The molecule has 0 amide bonds. The molecule has 2 saturated carbocycles. The maximum absolute atomic E-state index is 2.43. The molecule has 0 N–H and O–H groups in total. The summed E-state index contributed by atoms with van der Waals surface area (Å²) in [5.74, 6) is 3.23. The molecule has 0 bridgehead atoms. The summed E-state index contributed by atoms with van der Waals surface area (Å²) in [6.45, 7) is 7.27. The zero-order valence-corrected chi connectivity index (χ0v) is 6.65. The second kappa shape index (κ2) is 1.36. The van der Waals surface area contributed by atoms with Crippen molar-refractivity contribution >= 4 is 0 Å². The Bertz CT molecular complexity index is 135. The zero-order valence-electron chi connectivity index (χ0n) is 6.65. The maximum atomic E-state index is 2.43. The highest BCUT2D eigenvalue weighted by molar-refractivity contribution is 5.10. The lowest BCUT2D eigenvalue weighted by atomic mass is 9.94. The van der Waals surface area contributed by atoms with Gasteiger partial charge in [0.15, 0.2) is 0 Å². The predicted octanol–water partition coefficient (Wildman–Crippen LogP) is 2.69. The van der Waals surface area contributed by atoms with E-state index in [9.17, 15) is 0 Å². The van der Waals surface area contributed by atoms with Crippen molar-refractivity contribution in [1.29, 1.82) is 0 Å². The van der Waals surface area contributed by atoms with E-state index in [1.165, 1.54) is 12.8 Å². The van der Waals surface area contributed by atoms with Gasteiger partial charge in [-0.2, -0.15) is 0 Å². The standard InChI is InChI=1S/C9H16/c1-6-4-5-7-8(6)9(7,2)3/h6-8H,4-5H2,1-3H3. The number of hydrogen-bond acceptors (Lipinski definition) is 0. The van der Waals surface area contributed by atoms with Crippen molar-refractivity contribution in [1.82, 2.24) is 0 Å². The van der Waals surface area contributed by atoms with Gasteiger partial charge in [-0.15, -0.1) is 0 Å². The van der Waals surface area contributed by atoms with Gasteiger partial charge in [-0.3, -0.25) is 0 Å². The Balaban J connectivity index is 2.14. The Morgan fingerprint density at radius 3 is 2.11 bits per heavy atom. The van der Waals surface area contributed by atoms with Crippen LogP contribution < -0.4 is 0 Å². The van der Waals surface area contributed by atoms with Crippen LogP contribution in [0.3, 0.4) is 0 Å². The second-order valence-corrected chi connectivity index (χ2v) is 4.51. The summed E-state index contributed by atoms with van der Waals surface area (Å²) in [4.78, 5) is 0. The van der Waals surface area contributed by atoms with E-state index in [-0.39, 0.29) is 0 Å². The fourth-order valence-corrected chi connectivity index (χ4v) is 3.09. The molecule has 0 aromatic rings. The summed E-state index contributed by atoms with van der Waals surface area (Å²) in [7, 11) is 0. The van der Waals surface area contributed by atoms with Crippen LogP contribution >= 0.6 is 0 Å². The van der Waals surface area contributed by atoms with Crippen LogP contribution in [0.5, 0.6) is 0 Å². The molecular formula is C9H16. The van der Waals surface area contributed by atoms with E-state index in [1.807, 2.05) is 0 Å². The molecule has 2 rings (SSSR count). The molecule has 9 heavy (non-hydrogen) atoms. The van der Waals surface area contributed by atoms with Gasteiger partial charge in [0.05, 0.1) is 0 Å². The quantitative estimate of drug-likeness (QED) is 0.465. The average Bonchev–Trinajstić information content (AvgIpc) is 2.19. The molecule has 2 aliphatic rings. The number of fused-ring (bicyclic) bond motifs is 1. The molecular weight excluding hydrogens is 108 g/mol. The molecule has 0 aliphatic heterocycles. The van der Waals surface area contributed by atoms with Crippen molar-refractivity contribution in [3.05, 3.63) is 0 Å². The molecule has 3 unspecified atom stereocenters. The Morgan fingerprint density at radius 1 is 1.22 bits per heavy atom. The van der Waals surface area contributed by atoms with Gasteiger partial charge in [0.25, 0.3) is 0 Å². The smallest absolute Gasteiger partial charge is 0.0289 e. The third-order valence-corrected chi connectivity index (χ3v) is 3.69. The Morgan fingerprint density at radius 2 is 1.89 bits per heavy atom. The number of rotatable bonds is 0. The first-order chi connectivity index (χ1) is 4.14. The Hall–Kier alpha value is 0. The van der Waals surface area contributed by atoms with E-state index in [4.69, 9.17) is 0 Å². The van der Waals surface area contributed by atoms with Crippen molar-refractivity contribution in [2.24, 2.45) is 23.2 Å². The molecule has 0 heterocycles. The third kappa shape index (κ3) is 0.544. The van der Waals surface area contributed by atoms with E-state index in [0.717, 1.165) is 23.2 Å².